The van der Waals surface area contributed by atoms with E-state index in [-0.39, 0.29) is 22.6 Å². The van der Waals surface area contributed by atoms with Crippen molar-refractivity contribution in [3.8, 4) is 33.8 Å². The van der Waals surface area contributed by atoms with Crippen molar-refractivity contribution in [2.45, 2.75) is 19.3 Å². The van der Waals surface area contributed by atoms with E-state index in [1.165, 1.54) is 36.4 Å². The average Bonchev–Trinajstić information content (AvgIpc) is 2.83. The SMILES string of the molecule is CC(C)(c1ccc(-c2cc(O)ccc2C(=O)O)cc1)c1ccc(-c2cc(O)ccc2C(=O)O)cc1. The molecule has 0 aromatic heterocycles. The second kappa shape index (κ2) is 8.99. The Morgan fingerprint density at radius 2 is 0.914 bits per heavy atom. The summed E-state index contributed by atoms with van der Waals surface area (Å²) in [5.74, 6) is -2.15. The molecule has 0 unspecified atom stereocenters. The van der Waals surface area contributed by atoms with Gasteiger partial charge < -0.3 is 20.4 Å². The third kappa shape index (κ3) is 4.59. The third-order valence-corrected chi connectivity index (χ3v) is 6.30. The minimum absolute atomic E-state index is 0.00714. The number of aromatic carboxylic acids is 2. The van der Waals surface area contributed by atoms with Gasteiger partial charge in [-0.2, -0.15) is 0 Å². The van der Waals surface area contributed by atoms with Gasteiger partial charge in [0.15, 0.2) is 0 Å². The highest BCUT2D eigenvalue weighted by atomic mass is 16.4. The van der Waals surface area contributed by atoms with Gasteiger partial charge in [0.2, 0.25) is 0 Å². The molecule has 0 aliphatic carbocycles. The van der Waals surface area contributed by atoms with Crippen LogP contribution in [0.15, 0.2) is 84.9 Å². The van der Waals surface area contributed by atoms with Crippen molar-refractivity contribution in [1.29, 1.82) is 0 Å². The highest BCUT2D eigenvalue weighted by Gasteiger charge is 2.24. The minimum atomic E-state index is -1.07. The number of carboxylic acids is 2. The maximum atomic E-state index is 11.6. The first-order valence-electron chi connectivity index (χ1n) is 10.9. The van der Waals surface area contributed by atoms with Gasteiger partial charge in [0.25, 0.3) is 0 Å². The summed E-state index contributed by atoms with van der Waals surface area (Å²) in [6, 6.07) is 23.4. The molecule has 0 saturated heterocycles. The standard InChI is InChI=1S/C29H24O6/c1-29(2,19-7-3-17(4-8-19)25-15-21(30)11-13-23(25)27(32)33)20-9-5-18(6-10-20)26-16-22(31)12-14-24(26)28(34)35/h3-16,30-31H,1-2H3,(H,32,33)(H,34,35). The Labute approximate surface area is 202 Å². The van der Waals surface area contributed by atoms with Crippen molar-refractivity contribution in [2.75, 3.05) is 0 Å². The van der Waals surface area contributed by atoms with Gasteiger partial charge in [-0.1, -0.05) is 62.4 Å². The lowest BCUT2D eigenvalue weighted by atomic mass is 9.77. The van der Waals surface area contributed by atoms with Gasteiger partial charge in [0, 0.05) is 5.41 Å². The molecule has 0 heterocycles. The van der Waals surface area contributed by atoms with Crippen molar-refractivity contribution in [3.05, 3.63) is 107 Å². The molecule has 6 heteroatoms. The molecule has 4 aromatic rings. The van der Waals surface area contributed by atoms with Crippen molar-refractivity contribution in [1.82, 2.24) is 0 Å². The third-order valence-electron chi connectivity index (χ3n) is 6.30. The molecule has 4 rings (SSSR count). The van der Waals surface area contributed by atoms with E-state index in [0.29, 0.717) is 22.3 Å². The quantitative estimate of drug-likeness (QED) is 0.270. The Bertz CT molecular complexity index is 1310. The van der Waals surface area contributed by atoms with Crippen molar-refractivity contribution < 1.29 is 30.0 Å². The molecule has 0 radical (unpaired) electrons. The van der Waals surface area contributed by atoms with Crippen LogP contribution in [-0.4, -0.2) is 32.4 Å². The summed E-state index contributed by atoms with van der Waals surface area (Å²) >= 11 is 0. The molecule has 0 aliphatic rings. The summed E-state index contributed by atoms with van der Waals surface area (Å²) in [5, 5.41) is 38.7. The van der Waals surface area contributed by atoms with Crippen LogP contribution in [0.3, 0.4) is 0 Å². The van der Waals surface area contributed by atoms with Crippen LogP contribution in [0.1, 0.15) is 45.7 Å². The molecule has 176 valence electrons. The second-order valence-corrected chi connectivity index (χ2v) is 8.85. The summed E-state index contributed by atoms with van der Waals surface area (Å²) in [4.78, 5) is 23.2. The van der Waals surface area contributed by atoms with E-state index in [1.807, 2.05) is 48.5 Å². The molecule has 6 nitrogen and oxygen atoms in total. The van der Waals surface area contributed by atoms with Crippen LogP contribution in [0.25, 0.3) is 22.3 Å². The van der Waals surface area contributed by atoms with Crippen LogP contribution in [0.2, 0.25) is 0 Å². The maximum Gasteiger partial charge on any atom is 0.336 e. The van der Waals surface area contributed by atoms with Gasteiger partial charge in [0.05, 0.1) is 11.1 Å². The van der Waals surface area contributed by atoms with E-state index in [9.17, 15) is 30.0 Å². The molecule has 35 heavy (non-hydrogen) atoms. The van der Waals surface area contributed by atoms with Crippen LogP contribution in [0.5, 0.6) is 11.5 Å². The Hall–Kier alpha value is -4.58. The highest BCUT2D eigenvalue weighted by Crippen LogP contribution is 2.36. The number of hydrogen-bond acceptors (Lipinski definition) is 4. The monoisotopic (exact) mass is 468 g/mol. The molecular formula is C29H24O6. The number of rotatable bonds is 6. The van der Waals surface area contributed by atoms with Crippen molar-refractivity contribution in [2.24, 2.45) is 0 Å². The lowest BCUT2D eigenvalue weighted by molar-refractivity contribution is 0.0686. The van der Waals surface area contributed by atoms with Gasteiger partial charge in [-0.15, -0.1) is 0 Å². The summed E-state index contributed by atoms with van der Waals surface area (Å²) < 4.78 is 0. The molecule has 0 aliphatic heterocycles. The summed E-state index contributed by atoms with van der Waals surface area (Å²) in [5.41, 5.74) is 4.04. The molecule has 4 aromatic carbocycles. The van der Waals surface area contributed by atoms with Gasteiger partial charge in [-0.05, 0) is 69.8 Å². The van der Waals surface area contributed by atoms with Crippen LogP contribution in [0.4, 0.5) is 0 Å². The number of phenolic OH excluding ortho intramolecular Hbond substituents is 2. The molecule has 0 spiro atoms. The van der Waals surface area contributed by atoms with E-state index >= 15 is 0 Å². The van der Waals surface area contributed by atoms with Gasteiger partial charge in [-0.3, -0.25) is 0 Å². The Morgan fingerprint density at radius 1 is 0.571 bits per heavy atom. The summed E-state index contributed by atoms with van der Waals surface area (Å²) in [6.45, 7) is 4.12. The van der Waals surface area contributed by atoms with Crippen LogP contribution in [-0.2, 0) is 5.41 Å². The second-order valence-electron chi connectivity index (χ2n) is 8.85. The van der Waals surface area contributed by atoms with Crippen LogP contribution >= 0.6 is 0 Å². The minimum Gasteiger partial charge on any atom is -0.508 e. The fraction of sp³-hybridized carbons (Fsp3) is 0.103. The summed E-state index contributed by atoms with van der Waals surface area (Å²) in [7, 11) is 0. The van der Waals surface area contributed by atoms with Gasteiger partial charge in [-0.25, -0.2) is 9.59 Å². The molecule has 0 amide bonds. The first-order valence-corrected chi connectivity index (χ1v) is 10.9. The molecule has 4 N–H and O–H groups in total. The number of carboxylic acid groups (broad SMARTS) is 2. The molecule has 0 fully saturated rings. The maximum absolute atomic E-state index is 11.6. The predicted octanol–water partition coefficient (Wildman–Crippen LogP) is 6.15. The molecular weight excluding hydrogens is 444 g/mol. The Kier molecular flexibility index (Phi) is 6.05. The van der Waals surface area contributed by atoms with Crippen molar-refractivity contribution in [3.63, 3.8) is 0 Å². The summed E-state index contributed by atoms with van der Waals surface area (Å²) in [6.07, 6.45) is 0. The smallest absolute Gasteiger partial charge is 0.336 e. The predicted molar refractivity (Wildman–Crippen MR) is 133 cm³/mol. The van der Waals surface area contributed by atoms with E-state index in [0.717, 1.165) is 11.1 Å². The highest BCUT2D eigenvalue weighted by molar-refractivity contribution is 5.97. The number of phenols is 2. The van der Waals surface area contributed by atoms with E-state index in [4.69, 9.17) is 0 Å². The number of benzene rings is 4. The number of hydrogen-bond donors (Lipinski definition) is 4. The topological polar surface area (TPSA) is 115 Å². The number of aromatic hydroxyl groups is 2. The van der Waals surface area contributed by atoms with Gasteiger partial charge >= 0.3 is 11.9 Å². The van der Waals surface area contributed by atoms with Gasteiger partial charge in [0.1, 0.15) is 11.5 Å². The average molecular weight is 469 g/mol. The van der Waals surface area contributed by atoms with Crippen molar-refractivity contribution >= 4 is 11.9 Å². The lowest BCUT2D eigenvalue weighted by Crippen LogP contribution is -2.18. The Morgan fingerprint density at radius 3 is 1.23 bits per heavy atom. The zero-order valence-corrected chi connectivity index (χ0v) is 19.2. The molecule has 0 bridgehead atoms. The largest absolute Gasteiger partial charge is 0.508 e. The zero-order valence-electron chi connectivity index (χ0n) is 19.2. The Balaban J connectivity index is 1.66. The van der Waals surface area contributed by atoms with E-state index in [2.05, 4.69) is 13.8 Å². The first kappa shape index (κ1) is 23.6. The fourth-order valence-electron chi connectivity index (χ4n) is 4.21. The van der Waals surface area contributed by atoms with Crippen LogP contribution < -0.4 is 0 Å². The van der Waals surface area contributed by atoms with E-state index < -0.39 is 17.4 Å². The molecule has 0 atom stereocenters. The van der Waals surface area contributed by atoms with E-state index in [1.54, 1.807) is 0 Å². The fourth-order valence-corrected chi connectivity index (χ4v) is 4.21. The first-order chi connectivity index (χ1) is 16.6. The lowest BCUT2D eigenvalue weighted by Gasteiger charge is -2.27. The number of carbonyl (C=O) groups is 2. The van der Waals surface area contributed by atoms with Crippen LogP contribution in [0, 0.1) is 0 Å². The molecule has 0 saturated carbocycles. The zero-order chi connectivity index (χ0) is 25.3. The normalized spacial score (nSPS) is 11.3.